The molecule has 1 fully saturated rings. The number of hydrogen-bond donors (Lipinski definition) is 1. The Bertz CT molecular complexity index is 789. The topological polar surface area (TPSA) is 61.9 Å². The van der Waals surface area contributed by atoms with Crippen molar-refractivity contribution < 1.29 is 14.3 Å². The van der Waals surface area contributed by atoms with Gasteiger partial charge in [0.15, 0.2) is 0 Å². The lowest BCUT2D eigenvalue weighted by atomic mass is 9.92. The molecule has 158 valence electrons. The Kier molecular flexibility index (Phi) is 6.96. The van der Waals surface area contributed by atoms with E-state index in [1.165, 1.54) is 6.42 Å². The number of carbonyl (C=O) groups is 2. The van der Waals surface area contributed by atoms with Gasteiger partial charge in [0.1, 0.15) is 0 Å². The van der Waals surface area contributed by atoms with E-state index in [4.69, 9.17) is 4.74 Å². The number of aryl methyl sites for hydroxylation is 1. The van der Waals surface area contributed by atoms with E-state index in [9.17, 15) is 9.59 Å². The minimum absolute atomic E-state index is 0.160. The van der Waals surface area contributed by atoms with Gasteiger partial charge in [-0.05, 0) is 52.6 Å². The van der Waals surface area contributed by atoms with Crippen molar-refractivity contribution in [2.24, 2.45) is 0 Å². The molecule has 2 heterocycles. The number of rotatable bonds is 6. The SMILES string of the molecule is CCOC(=O)C1=C(CN2CCCC[C@@H]2C)N(CC)C(=O)N[C@H]1c1cccc(C)c1. The van der Waals surface area contributed by atoms with Gasteiger partial charge in [-0.2, -0.15) is 0 Å². The summed E-state index contributed by atoms with van der Waals surface area (Å²) < 4.78 is 5.44. The van der Waals surface area contributed by atoms with Crippen LogP contribution in [0.1, 0.15) is 57.2 Å². The van der Waals surface area contributed by atoms with Crippen LogP contribution in [0.3, 0.4) is 0 Å². The third-order valence-electron chi connectivity index (χ3n) is 5.92. The number of amides is 2. The number of carbonyl (C=O) groups excluding carboxylic acids is 2. The summed E-state index contributed by atoms with van der Waals surface area (Å²) in [6, 6.07) is 7.72. The van der Waals surface area contributed by atoms with Crippen molar-refractivity contribution in [3.63, 3.8) is 0 Å². The van der Waals surface area contributed by atoms with Gasteiger partial charge in [0.2, 0.25) is 0 Å². The Morgan fingerprint density at radius 2 is 2.07 bits per heavy atom. The molecule has 2 amide bonds. The number of esters is 1. The summed E-state index contributed by atoms with van der Waals surface area (Å²) in [5.74, 6) is -0.350. The molecule has 2 atom stereocenters. The Labute approximate surface area is 173 Å². The normalized spacial score (nSPS) is 23.2. The fraction of sp³-hybridized carbons (Fsp3) is 0.565. The molecule has 0 spiro atoms. The molecule has 0 bridgehead atoms. The van der Waals surface area contributed by atoms with Gasteiger partial charge in [0.05, 0.1) is 18.2 Å². The van der Waals surface area contributed by atoms with E-state index in [-0.39, 0.29) is 12.0 Å². The largest absolute Gasteiger partial charge is 0.463 e. The zero-order valence-corrected chi connectivity index (χ0v) is 18.0. The zero-order chi connectivity index (χ0) is 21.0. The van der Waals surface area contributed by atoms with Crippen LogP contribution in [0.15, 0.2) is 35.5 Å². The van der Waals surface area contributed by atoms with Gasteiger partial charge in [-0.15, -0.1) is 0 Å². The molecule has 6 heteroatoms. The summed E-state index contributed by atoms with van der Waals surface area (Å²) in [6.07, 6.45) is 3.51. The molecule has 1 aromatic carbocycles. The molecule has 0 aromatic heterocycles. The highest BCUT2D eigenvalue weighted by Crippen LogP contribution is 2.33. The number of nitrogens with zero attached hydrogens (tertiary/aromatic N) is 2. The first-order chi connectivity index (χ1) is 14.0. The van der Waals surface area contributed by atoms with E-state index in [1.54, 1.807) is 4.90 Å². The molecular formula is C23H33N3O3. The lowest BCUT2D eigenvalue weighted by molar-refractivity contribution is -0.139. The summed E-state index contributed by atoms with van der Waals surface area (Å²) in [6.45, 7) is 10.4. The lowest BCUT2D eigenvalue weighted by Gasteiger charge is -2.40. The van der Waals surface area contributed by atoms with E-state index in [0.29, 0.717) is 31.3 Å². The molecule has 1 N–H and O–H groups in total. The predicted octanol–water partition coefficient (Wildman–Crippen LogP) is 3.77. The molecular weight excluding hydrogens is 366 g/mol. The number of nitrogens with one attached hydrogen (secondary N) is 1. The quantitative estimate of drug-likeness (QED) is 0.740. The standard InChI is InChI=1S/C23H33N3O3/c1-5-26-19(15-25-13-8-7-11-17(25)4)20(22(27)29-6-2)21(24-23(26)28)18-12-9-10-16(3)14-18/h9-10,12,14,17,21H,5-8,11,13,15H2,1-4H3,(H,24,28)/t17-,21-/m0/s1. The fourth-order valence-electron chi connectivity index (χ4n) is 4.34. The van der Waals surface area contributed by atoms with Crippen LogP contribution in [0, 0.1) is 6.92 Å². The molecule has 29 heavy (non-hydrogen) atoms. The predicted molar refractivity (Wildman–Crippen MR) is 113 cm³/mol. The summed E-state index contributed by atoms with van der Waals surface area (Å²) in [5, 5.41) is 3.04. The van der Waals surface area contributed by atoms with Crippen LogP contribution >= 0.6 is 0 Å². The van der Waals surface area contributed by atoms with Gasteiger partial charge in [-0.25, -0.2) is 9.59 Å². The van der Waals surface area contributed by atoms with Crippen LogP contribution in [-0.2, 0) is 9.53 Å². The van der Waals surface area contributed by atoms with Crippen molar-refractivity contribution in [1.82, 2.24) is 15.1 Å². The van der Waals surface area contributed by atoms with Crippen LogP contribution in [0.2, 0.25) is 0 Å². The van der Waals surface area contributed by atoms with E-state index in [2.05, 4.69) is 17.1 Å². The van der Waals surface area contributed by atoms with E-state index in [0.717, 1.165) is 36.2 Å². The van der Waals surface area contributed by atoms with Crippen LogP contribution in [0.5, 0.6) is 0 Å². The number of likely N-dealkylation sites (tertiary alicyclic amines) is 1. The van der Waals surface area contributed by atoms with Crippen LogP contribution < -0.4 is 5.32 Å². The first-order valence-corrected chi connectivity index (χ1v) is 10.7. The summed E-state index contributed by atoms with van der Waals surface area (Å²) in [5.41, 5.74) is 3.32. The summed E-state index contributed by atoms with van der Waals surface area (Å²) in [7, 11) is 0. The van der Waals surface area contributed by atoms with Crippen molar-refractivity contribution in [2.45, 2.75) is 59.0 Å². The summed E-state index contributed by atoms with van der Waals surface area (Å²) >= 11 is 0. The average Bonchev–Trinajstić information content (AvgIpc) is 2.69. The first-order valence-electron chi connectivity index (χ1n) is 10.7. The number of likely N-dealkylation sites (N-methyl/N-ethyl adjacent to an activating group) is 1. The fourth-order valence-corrected chi connectivity index (χ4v) is 4.34. The number of benzene rings is 1. The molecule has 0 saturated carbocycles. The first kappa shape index (κ1) is 21.4. The average molecular weight is 400 g/mol. The van der Waals surface area contributed by atoms with Crippen LogP contribution in [-0.4, -0.2) is 54.1 Å². The second kappa shape index (κ2) is 9.44. The van der Waals surface area contributed by atoms with Gasteiger partial charge in [0.25, 0.3) is 0 Å². The van der Waals surface area contributed by atoms with E-state index >= 15 is 0 Å². The monoisotopic (exact) mass is 399 g/mol. The van der Waals surface area contributed by atoms with Crippen molar-refractivity contribution in [3.8, 4) is 0 Å². The second-order valence-corrected chi connectivity index (χ2v) is 7.94. The number of ether oxygens (including phenoxy) is 1. The Balaban J connectivity index is 2.10. The third-order valence-corrected chi connectivity index (χ3v) is 5.92. The molecule has 1 saturated heterocycles. The molecule has 6 nitrogen and oxygen atoms in total. The van der Waals surface area contributed by atoms with Crippen molar-refractivity contribution in [1.29, 1.82) is 0 Å². The third kappa shape index (κ3) is 4.64. The van der Waals surface area contributed by atoms with Gasteiger partial charge >= 0.3 is 12.0 Å². The molecule has 3 rings (SSSR count). The Hall–Kier alpha value is -2.34. The number of piperidine rings is 1. The van der Waals surface area contributed by atoms with Crippen molar-refractivity contribution >= 4 is 12.0 Å². The van der Waals surface area contributed by atoms with Crippen molar-refractivity contribution in [3.05, 3.63) is 46.7 Å². The van der Waals surface area contributed by atoms with Crippen LogP contribution in [0.4, 0.5) is 4.79 Å². The molecule has 2 aliphatic rings. The highest BCUT2D eigenvalue weighted by Gasteiger charge is 2.38. The second-order valence-electron chi connectivity index (χ2n) is 7.94. The summed E-state index contributed by atoms with van der Waals surface area (Å²) in [4.78, 5) is 30.1. The molecule has 0 radical (unpaired) electrons. The molecule has 0 unspecified atom stereocenters. The van der Waals surface area contributed by atoms with Crippen LogP contribution in [0.25, 0.3) is 0 Å². The maximum atomic E-state index is 13.1. The number of urea groups is 1. The van der Waals surface area contributed by atoms with E-state index < -0.39 is 6.04 Å². The zero-order valence-electron chi connectivity index (χ0n) is 18.0. The highest BCUT2D eigenvalue weighted by molar-refractivity contribution is 5.95. The molecule has 2 aliphatic heterocycles. The molecule has 1 aromatic rings. The van der Waals surface area contributed by atoms with Gasteiger partial charge < -0.3 is 10.1 Å². The Morgan fingerprint density at radius 1 is 1.28 bits per heavy atom. The minimum Gasteiger partial charge on any atom is -0.463 e. The Morgan fingerprint density at radius 3 is 2.72 bits per heavy atom. The van der Waals surface area contributed by atoms with Crippen molar-refractivity contribution in [2.75, 3.05) is 26.2 Å². The van der Waals surface area contributed by atoms with Gasteiger partial charge in [0, 0.05) is 24.8 Å². The smallest absolute Gasteiger partial charge is 0.338 e. The number of hydrogen-bond acceptors (Lipinski definition) is 4. The molecule has 0 aliphatic carbocycles. The highest BCUT2D eigenvalue weighted by atomic mass is 16.5. The van der Waals surface area contributed by atoms with Gasteiger partial charge in [-0.1, -0.05) is 36.2 Å². The lowest BCUT2D eigenvalue weighted by Crippen LogP contribution is -2.52. The van der Waals surface area contributed by atoms with E-state index in [1.807, 2.05) is 45.0 Å². The van der Waals surface area contributed by atoms with Gasteiger partial charge in [-0.3, -0.25) is 9.80 Å². The minimum atomic E-state index is -0.501. The maximum absolute atomic E-state index is 13.1. The maximum Gasteiger partial charge on any atom is 0.338 e.